The van der Waals surface area contributed by atoms with E-state index in [1.165, 1.54) is 5.56 Å². The lowest BCUT2D eigenvalue weighted by Crippen LogP contribution is -2.36. The topological polar surface area (TPSA) is 41.6 Å². The van der Waals surface area contributed by atoms with Crippen LogP contribution < -0.4 is 10.1 Å². The minimum absolute atomic E-state index is 0.0123. The Morgan fingerprint density at radius 2 is 1.88 bits per heavy atom. The van der Waals surface area contributed by atoms with Crippen LogP contribution in [0.25, 0.3) is 0 Å². The van der Waals surface area contributed by atoms with E-state index in [9.17, 15) is 4.79 Å². The molecular formula is C21H28N2O2. The van der Waals surface area contributed by atoms with Crippen molar-refractivity contribution in [1.82, 2.24) is 4.90 Å². The highest BCUT2D eigenvalue weighted by Crippen LogP contribution is 2.14. The maximum Gasteiger partial charge on any atom is 0.238 e. The number of amides is 1. The number of rotatable bonds is 9. The smallest absolute Gasteiger partial charge is 0.238 e. The van der Waals surface area contributed by atoms with E-state index in [4.69, 9.17) is 4.74 Å². The molecule has 0 radical (unpaired) electrons. The molecule has 2 aromatic rings. The summed E-state index contributed by atoms with van der Waals surface area (Å²) in [5.74, 6) is 0.888. The van der Waals surface area contributed by atoms with E-state index in [0.29, 0.717) is 13.2 Å². The summed E-state index contributed by atoms with van der Waals surface area (Å²) in [5.41, 5.74) is 3.13. The highest BCUT2D eigenvalue weighted by atomic mass is 16.5. The molecule has 2 rings (SSSR count). The predicted octanol–water partition coefficient (Wildman–Crippen LogP) is 4.03. The molecule has 0 aliphatic rings. The lowest BCUT2D eigenvalue weighted by molar-refractivity contribution is -0.117. The number of ether oxygens (including phenoxy) is 1. The van der Waals surface area contributed by atoms with Crippen LogP contribution in [0.1, 0.15) is 24.5 Å². The standard InChI is InChI=1S/C21H28N2O2/c1-4-12-23(13-14-25-19-10-7-8-17(2)15-19)16-21(24)22-20-11-6-5-9-18(20)3/h5-11,15H,4,12-14,16H2,1-3H3,(H,22,24). The van der Waals surface area contributed by atoms with Crippen LogP contribution in [-0.4, -0.2) is 37.0 Å². The molecule has 2 aromatic carbocycles. The summed E-state index contributed by atoms with van der Waals surface area (Å²) in [6, 6.07) is 15.8. The minimum Gasteiger partial charge on any atom is -0.492 e. The van der Waals surface area contributed by atoms with Crippen LogP contribution >= 0.6 is 0 Å². The summed E-state index contributed by atoms with van der Waals surface area (Å²) in [7, 11) is 0. The van der Waals surface area contributed by atoms with Crippen molar-refractivity contribution in [3.05, 3.63) is 59.7 Å². The number of hydrogen-bond donors (Lipinski definition) is 1. The molecule has 25 heavy (non-hydrogen) atoms. The van der Waals surface area contributed by atoms with Gasteiger partial charge >= 0.3 is 0 Å². The van der Waals surface area contributed by atoms with Gasteiger partial charge in [-0.1, -0.05) is 37.3 Å². The number of hydrogen-bond acceptors (Lipinski definition) is 3. The van der Waals surface area contributed by atoms with Crippen LogP contribution in [-0.2, 0) is 4.79 Å². The maximum absolute atomic E-state index is 12.3. The summed E-state index contributed by atoms with van der Waals surface area (Å²) >= 11 is 0. The van der Waals surface area contributed by atoms with Crippen LogP contribution in [0.15, 0.2) is 48.5 Å². The Morgan fingerprint density at radius 3 is 2.60 bits per heavy atom. The van der Waals surface area contributed by atoms with E-state index >= 15 is 0 Å². The molecule has 1 N–H and O–H groups in total. The van der Waals surface area contributed by atoms with Crippen molar-refractivity contribution < 1.29 is 9.53 Å². The Bertz CT molecular complexity index is 685. The van der Waals surface area contributed by atoms with Crippen LogP contribution in [0, 0.1) is 13.8 Å². The third kappa shape index (κ3) is 6.59. The van der Waals surface area contributed by atoms with E-state index in [0.717, 1.165) is 36.5 Å². The summed E-state index contributed by atoms with van der Waals surface area (Å²) in [5, 5.41) is 2.99. The van der Waals surface area contributed by atoms with Gasteiger partial charge < -0.3 is 10.1 Å². The Hall–Kier alpha value is -2.33. The molecule has 4 heteroatoms. The number of anilines is 1. The van der Waals surface area contributed by atoms with Crippen molar-refractivity contribution in [3.8, 4) is 5.75 Å². The van der Waals surface area contributed by atoms with Crippen molar-refractivity contribution in [2.45, 2.75) is 27.2 Å². The average Bonchev–Trinajstić information content (AvgIpc) is 2.57. The van der Waals surface area contributed by atoms with Crippen molar-refractivity contribution >= 4 is 11.6 Å². The van der Waals surface area contributed by atoms with Gasteiger partial charge in [-0.05, 0) is 56.1 Å². The van der Waals surface area contributed by atoms with Gasteiger partial charge in [0.05, 0.1) is 6.54 Å². The normalized spacial score (nSPS) is 10.7. The molecule has 0 aliphatic carbocycles. The van der Waals surface area contributed by atoms with Gasteiger partial charge in [0, 0.05) is 12.2 Å². The van der Waals surface area contributed by atoms with E-state index in [-0.39, 0.29) is 5.91 Å². The zero-order valence-electron chi connectivity index (χ0n) is 15.4. The second kappa shape index (κ2) is 9.84. The minimum atomic E-state index is 0.0123. The summed E-state index contributed by atoms with van der Waals surface area (Å²) in [4.78, 5) is 14.5. The second-order valence-corrected chi connectivity index (χ2v) is 6.30. The molecule has 0 aliphatic heterocycles. The second-order valence-electron chi connectivity index (χ2n) is 6.30. The van der Waals surface area contributed by atoms with Gasteiger partial charge in [-0.3, -0.25) is 9.69 Å². The number of aryl methyl sites for hydroxylation is 2. The largest absolute Gasteiger partial charge is 0.492 e. The van der Waals surface area contributed by atoms with Crippen molar-refractivity contribution in [3.63, 3.8) is 0 Å². The number of para-hydroxylation sites is 1. The first-order chi connectivity index (χ1) is 12.1. The van der Waals surface area contributed by atoms with Crippen LogP contribution in [0.2, 0.25) is 0 Å². The summed E-state index contributed by atoms with van der Waals surface area (Å²) in [6.07, 6.45) is 1.00. The maximum atomic E-state index is 12.3. The fourth-order valence-electron chi connectivity index (χ4n) is 2.69. The SMILES string of the molecule is CCCN(CCOc1cccc(C)c1)CC(=O)Nc1ccccc1C. The van der Waals surface area contributed by atoms with Crippen molar-refractivity contribution in [1.29, 1.82) is 0 Å². The van der Waals surface area contributed by atoms with E-state index in [2.05, 4.69) is 17.1 Å². The van der Waals surface area contributed by atoms with Crippen LogP contribution in [0.3, 0.4) is 0 Å². The van der Waals surface area contributed by atoms with Gasteiger partial charge in [-0.15, -0.1) is 0 Å². The van der Waals surface area contributed by atoms with E-state index < -0.39 is 0 Å². The Labute approximate surface area is 150 Å². The molecular weight excluding hydrogens is 312 g/mol. The molecule has 0 aromatic heterocycles. The first-order valence-corrected chi connectivity index (χ1v) is 8.85. The van der Waals surface area contributed by atoms with Gasteiger partial charge in [-0.2, -0.15) is 0 Å². The van der Waals surface area contributed by atoms with Crippen molar-refractivity contribution in [2.24, 2.45) is 0 Å². The number of carbonyl (C=O) groups is 1. The lowest BCUT2D eigenvalue weighted by atomic mass is 10.2. The monoisotopic (exact) mass is 340 g/mol. The highest BCUT2D eigenvalue weighted by molar-refractivity contribution is 5.92. The molecule has 0 atom stereocenters. The van der Waals surface area contributed by atoms with Gasteiger partial charge in [0.2, 0.25) is 5.91 Å². The third-order valence-electron chi connectivity index (χ3n) is 3.99. The number of nitrogens with zero attached hydrogens (tertiary/aromatic N) is 1. The fourth-order valence-corrected chi connectivity index (χ4v) is 2.69. The van der Waals surface area contributed by atoms with Gasteiger partial charge in [0.1, 0.15) is 12.4 Å². The molecule has 0 unspecified atom stereocenters. The van der Waals surface area contributed by atoms with Crippen molar-refractivity contribution in [2.75, 3.05) is 31.6 Å². The molecule has 134 valence electrons. The number of benzene rings is 2. The van der Waals surface area contributed by atoms with Crippen LogP contribution in [0.4, 0.5) is 5.69 Å². The summed E-state index contributed by atoms with van der Waals surface area (Å²) in [6.45, 7) is 8.71. The van der Waals surface area contributed by atoms with E-state index in [1.54, 1.807) is 0 Å². The zero-order valence-corrected chi connectivity index (χ0v) is 15.4. The molecule has 0 spiro atoms. The highest BCUT2D eigenvalue weighted by Gasteiger charge is 2.11. The molecule has 0 saturated heterocycles. The molecule has 0 fully saturated rings. The zero-order chi connectivity index (χ0) is 18.1. The third-order valence-corrected chi connectivity index (χ3v) is 3.99. The molecule has 0 heterocycles. The molecule has 4 nitrogen and oxygen atoms in total. The number of nitrogens with one attached hydrogen (secondary N) is 1. The summed E-state index contributed by atoms with van der Waals surface area (Å²) < 4.78 is 5.81. The quantitative estimate of drug-likeness (QED) is 0.749. The first kappa shape index (κ1) is 19.0. The lowest BCUT2D eigenvalue weighted by Gasteiger charge is -2.21. The fraction of sp³-hybridized carbons (Fsp3) is 0.381. The van der Waals surface area contributed by atoms with Gasteiger partial charge in [0.15, 0.2) is 0 Å². The number of carbonyl (C=O) groups excluding carboxylic acids is 1. The molecule has 0 saturated carbocycles. The Balaban J connectivity index is 1.83. The van der Waals surface area contributed by atoms with Crippen LogP contribution in [0.5, 0.6) is 5.75 Å². The Morgan fingerprint density at radius 1 is 1.08 bits per heavy atom. The average molecular weight is 340 g/mol. The van der Waals surface area contributed by atoms with E-state index in [1.807, 2.05) is 62.4 Å². The molecule has 1 amide bonds. The predicted molar refractivity (Wildman–Crippen MR) is 103 cm³/mol. The van der Waals surface area contributed by atoms with Gasteiger partial charge in [0.25, 0.3) is 0 Å². The van der Waals surface area contributed by atoms with Gasteiger partial charge in [-0.25, -0.2) is 0 Å². The molecule has 0 bridgehead atoms. The first-order valence-electron chi connectivity index (χ1n) is 8.85. The Kier molecular flexibility index (Phi) is 7.48.